The molecule has 1 heterocycles. The van der Waals surface area contributed by atoms with Crippen LogP contribution in [0.5, 0.6) is 0 Å². The second-order valence-corrected chi connectivity index (χ2v) is 13.8. The van der Waals surface area contributed by atoms with Crippen LogP contribution in [0.1, 0.15) is 43.2 Å². The third kappa shape index (κ3) is 5.60. The molecular formula is C48H39FN2. The molecular weight excluding hydrogens is 624 g/mol. The van der Waals surface area contributed by atoms with E-state index in [0.717, 1.165) is 41.2 Å². The fourth-order valence-electron chi connectivity index (χ4n) is 8.43. The van der Waals surface area contributed by atoms with Crippen molar-refractivity contribution < 1.29 is 4.39 Å². The van der Waals surface area contributed by atoms with Crippen LogP contribution in [0.3, 0.4) is 0 Å². The van der Waals surface area contributed by atoms with E-state index >= 15 is 0 Å². The molecule has 0 radical (unpaired) electrons. The van der Waals surface area contributed by atoms with Gasteiger partial charge >= 0.3 is 0 Å². The van der Waals surface area contributed by atoms with Crippen molar-refractivity contribution in [3.63, 3.8) is 0 Å². The smallest absolute Gasteiger partial charge is 0.123 e. The Kier molecular flexibility index (Phi) is 7.97. The molecule has 248 valence electrons. The summed E-state index contributed by atoms with van der Waals surface area (Å²) in [6.07, 6.45) is 6.11. The van der Waals surface area contributed by atoms with Crippen LogP contribution in [-0.2, 0) is 5.41 Å². The van der Waals surface area contributed by atoms with Crippen molar-refractivity contribution in [1.29, 1.82) is 0 Å². The van der Waals surface area contributed by atoms with Crippen molar-refractivity contribution in [3.8, 4) is 16.8 Å². The number of benzene rings is 7. The SMILES string of the molecule is Fc1ccc(N(c2ccc(-c3ccc4c(c3)c3ccccc3n4-c3ccccc3)cc2)c2ccc(C3(c4ccccc4)CCCCC3)cc2)cc1. The van der Waals surface area contributed by atoms with E-state index in [9.17, 15) is 4.39 Å². The van der Waals surface area contributed by atoms with Crippen molar-refractivity contribution in [1.82, 2.24) is 4.57 Å². The van der Waals surface area contributed by atoms with Crippen molar-refractivity contribution >= 4 is 38.9 Å². The van der Waals surface area contributed by atoms with Gasteiger partial charge in [-0.1, -0.05) is 116 Å². The van der Waals surface area contributed by atoms with Crippen LogP contribution in [0.4, 0.5) is 21.5 Å². The zero-order chi connectivity index (χ0) is 34.2. The van der Waals surface area contributed by atoms with Gasteiger partial charge in [0.05, 0.1) is 11.0 Å². The van der Waals surface area contributed by atoms with E-state index in [0.29, 0.717) is 0 Å². The highest BCUT2D eigenvalue weighted by Crippen LogP contribution is 2.46. The molecule has 1 fully saturated rings. The maximum absolute atomic E-state index is 14.1. The highest BCUT2D eigenvalue weighted by Gasteiger charge is 2.35. The lowest BCUT2D eigenvalue weighted by molar-refractivity contribution is 0.346. The summed E-state index contributed by atoms with van der Waals surface area (Å²) < 4.78 is 16.5. The topological polar surface area (TPSA) is 8.17 Å². The Hall–Kier alpha value is -5.93. The van der Waals surface area contributed by atoms with Gasteiger partial charge in [0.15, 0.2) is 0 Å². The van der Waals surface area contributed by atoms with E-state index in [-0.39, 0.29) is 11.2 Å². The Morgan fingerprint density at radius 2 is 0.980 bits per heavy atom. The number of hydrogen-bond donors (Lipinski definition) is 0. The van der Waals surface area contributed by atoms with Crippen molar-refractivity contribution in [2.45, 2.75) is 37.5 Å². The van der Waals surface area contributed by atoms with Crippen molar-refractivity contribution in [2.75, 3.05) is 4.90 Å². The molecule has 0 spiro atoms. The van der Waals surface area contributed by atoms with Crippen LogP contribution >= 0.6 is 0 Å². The summed E-state index contributed by atoms with van der Waals surface area (Å²) in [5.41, 5.74) is 11.7. The number of para-hydroxylation sites is 2. The van der Waals surface area contributed by atoms with Crippen LogP contribution < -0.4 is 4.90 Å². The molecule has 0 N–H and O–H groups in total. The average Bonchev–Trinajstić information content (AvgIpc) is 3.54. The summed E-state index contributed by atoms with van der Waals surface area (Å²) in [5.74, 6) is -0.240. The monoisotopic (exact) mass is 662 g/mol. The molecule has 0 atom stereocenters. The van der Waals surface area contributed by atoms with E-state index in [1.807, 2.05) is 12.1 Å². The molecule has 2 nitrogen and oxygen atoms in total. The Labute approximate surface area is 299 Å². The number of nitrogens with zero attached hydrogens (tertiary/aromatic N) is 2. The number of fused-ring (bicyclic) bond motifs is 3. The van der Waals surface area contributed by atoms with Gasteiger partial charge in [-0.3, -0.25) is 0 Å². The van der Waals surface area contributed by atoms with Crippen LogP contribution in [-0.4, -0.2) is 4.57 Å². The molecule has 0 unspecified atom stereocenters. The quantitative estimate of drug-likeness (QED) is 0.165. The third-order valence-electron chi connectivity index (χ3n) is 10.9. The molecule has 0 bridgehead atoms. The van der Waals surface area contributed by atoms with Gasteiger partial charge in [0.25, 0.3) is 0 Å². The highest BCUT2D eigenvalue weighted by molar-refractivity contribution is 6.10. The van der Waals surface area contributed by atoms with Crippen LogP contribution in [0.25, 0.3) is 38.6 Å². The van der Waals surface area contributed by atoms with Gasteiger partial charge in [-0.05, 0) is 114 Å². The van der Waals surface area contributed by atoms with E-state index < -0.39 is 0 Å². The minimum Gasteiger partial charge on any atom is -0.311 e. The van der Waals surface area contributed by atoms with Gasteiger partial charge in [0.1, 0.15) is 5.82 Å². The molecule has 3 heteroatoms. The zero-order valence-electron chi connectivity index (χ0n) is 28.6. The van der Waals surface area contributed by atoms with E-state index in [2.05, 4.69) is 161 Å². The lowest BCUT2D eigenvalue weighted by Crippen LogP contribution is -2.30. The van der Waals surface area contributed by atoms with Crippen LogP contribution in [0.2, 0.25) is 0 Å². The summed E-state index contributed by atoms with van der Waals surface area (Å²) in [5, 5.41) is 2.47. The van der Waals surface area contributed by atoms with Gasteiger partial charge in [0.2, 0.25) is 0 Å². The molecule has 1 aliphatic carbocycles. The number of aromatic nitrogens is 1. The molecule has 8 aromatic rings. The predicted molar refractivity (Wildman–Crippen MR) is 211 cm³/mol. The molecule has 9 rings (SSSR count). The standard InChI is InChI=1S/C48H39FN2/c49-39-23-29-43(30-24-39)50(42-27-21-38(22-28-42)48(32-10-3-11-33-48)37-12-4-1-5-13-37)41-25-18-35(19-26-41)36-20-31-47-45(34-36)44-16-8-9-17-46(44)51(47)40-14-6-2-7-15-40/h1-2,4-9,12-31,34H,3,10-11,32-33H2. The summed E-state index contributed by atoms with van der Waals surface area (Å²) in [7, 11) is 0. The lowest BCUT2D eigenvalue weighted by atomic mass is 9.65. The largest absolute Gasteiger partial charge is 0.311 e. The number of anilines is 3. The van der Waals surface area contributed by atoms with Crippen molar-refractivity contribution in [3.05, 3.63) is 193 Å². The third-order valence-corrected chi connectivity index (χ3v) is 10.9. The molecule has 1 aromatic heterocycles. The minimum atomic E-state index is -0.240. The van der Waals surface area contributed by atoms with E-state index in [1.165, 1.54) is 57.8 Å². The maximum atomic E-state index is 14.1. The fourth-order valence-corrected chi connectivity index (χ4v) is 8.43. The molecule has 51 heavy (non-hydrogen) atoms. The number of halogens is 1. The average molecular weight is 663 g/mol. The van der Waals surface area contributed by atoms with Gasteiger partial charge in [-0.15, -0.1) is 0 Å². The summed E-state index contributed by atoms with van der Waals surface area (Å²) >= 11 is 0. The number of hydrogen-bond acceptors (Lipinski definition) is 1. The first-order valence-electron chi connectivity index (χ1n) is 18.1. The normalized spacial score (nSPS) is 14.1. The maximum Gasteiger partial charge on any atom is 0.123 e. The molecule has 1 saturated carbocycles. The fraction of sp³-hybridized carbons (Fsp3) is 0.125. The van der Waals surface area contributed by atoms with Crippen LogP contribution in [0, 0.1) is 5.82 Å². The second-order valence-electron chi connectivity index (χ2n) is 13.8. The van der Waals surface area contributed by atoms with E-state index in [1.54, 1.807) is 12.1 Å². The second kappa shape index (κ2) is 13.1. The first-order chi connectivity index (χ1) is 25.2. The van der Waals surface area contributed by atoms with Gasteiger partial charge in [-0.25, -0.2) is 4.39 Å². The van der Waals surface area contributed by atoms with Gasteiger partial charge < -0.3 is 9.47 Å². The summed E-state index contributed by atoms with van der Waals surface area (Å²) in [6.45, 7) is 0. The molecule has 0 amide bonds. The Morgan fingerprint density at radius 3 is 1.67 bits per heavy atom. The Balaban J connectivity index is 1.09. The summed E-state index contributed by atoms with van der Waals surface area (Å²) in [4.78, 5) is 2.22. The predicted octanol–water partition coefficient (Wildman–Crippen LogP) is 13.3. The molecule has 0 saturated heterocycles. The molecule has 1 aliphatic rings. The Bertz CT molecular complexity index is 2420. The first-order valence-corrected chi connectivity index (χ1v) is 18.1. The first kappa shape index (κ1) is 31.1. The molecule has 0 aliphatic heterocycles. The number of rotatable bonds is 7. The zero-order valence-corrected chi connectivity index (χ0v) is 28.6. The highest BCUT2D eigenvalue weighted by atomic mass is 19.1. The molecule has 7 aromatic carbocycles. The lowest BCUT2D eigenvalue weighted by Gasteiger charge is -2.39. The van der Waals surface area contributed by atoms with Crippen molar-refractivity contribution in [2.24, 2.45) is 0 Å². The minimum absolute atomic E-state index is 0.0366. The van der Waals surface area contributed by atoms with E-state index in [4.69, 9.17) is 0 Å². The van der Waals surface area contributed by atoms with Gasteiger partial charge in [-0.2, -0.15) is 0 Å². The van der Waals surface area contributed by atoms with Crippen LogP contribution in [0.15, 0.2) is 176 Å². The summed E-state index contributed by atoms with van der Waals surface area (Å²) in [6, 6.07) is 61.7. The van der Waals surface area contributed by atoms with Gasteiger partial charge in [0, 0.05) is 38.9 Å². The Morgan fingerprint density at radius 1 is 0.451 bits per heavy atom.